The second-order valence-corrected chi connectivity index (χ2v) is 3.01. The smallest absolute Gasteiger partial charge is 0.121 e. The third-order valence-corrected chi connectivity index (χ3v) is 1.99. The van der Waals surface area contributed by atoms with E-state index in [1.807, 2.05) is 19.9 Å². The number of furan rings is 1. The molecule has 0 radical (unpaired) electrons. The lowest BCUT2D eigenvalue weighted by molar-refractivity contribution is 0.268. The maximum absolute atomic E-state index is 8.65. The number of rotatable bonds is 3. The molecule has 3 heteroatoms. The molecule has 12 heavy (non-hydrogen) atoms. The van der Waals surface area contributed by atoms with Gasteiger partial charge < -0.3 is 15.3 Å². The fourth-order valence-electron chi connectivity index (χ4n) is 1.07. The summed E-state index contributed by atoms with van der Waals surface area (Å²) in [6.45, 7) is 3.98. The number of nitrogens with two attached hydrogens (primary N) is 1. The summed E-state index contributed by atoms with van der Waals surface area (Å²) in [6.07, 6.45) is 0.548. The van der Waals surface area contributed by atoms with Crippen molar-refractivity contribution in [1.29, 1.82) is 0 Å². The zero-order chi connectivity index (χ0) is 9.14. The Kier molecular flexibility index (Phi) is 2.89. The summed E-state index contributed by atoms with van der Waals surface area (Å²) in [7, 11) is 0. The maximum Gasteiger partial charge on any atom is 0.121 e. The fourth-order valence-corrected chi connectivity index (χ4v) is 1.07. The van der Waals surface area contributed by atoms with Crippen LogP contribution in [0.1, 0.15) is 29.5 Å². The van der Waals surface area contributed by atoms with Crippen molar-refractivity contribution in [3.8, 4) is 0 Å². The SMILES string of the molecule is Cc1cc(C(N)CCO)oc1C. The van der Waals surface area contributed by atoms with Crippen LogP contribution in [0.3, 0.4) is 0 Å². The van der Waals surface area contributed by atoms with E-state index >= 15 is 0 Å². The van der Waals surface area contributed by atoms with Gasteiger partial charge in [-0.15, -0.1) is 0 Å². The van der Waals surface area contributed by atoms with Crippen molar-refractivity contribution in [2.24, 2.45) is 5.73 Å². The number of aryl methyl sites for hydroxylation is 2. The molecule has 1 unspecified atom stereocenters. The normalized spacial score (nSPS) is 13.3. The molecule has 1 rings (SSSR count). The average molecular weight is 169 g/mol. The van der Waals surface area contributed by atoms with Gasteiger partial charge in [0.1, 0.15) is 11.5 Å². The van der Waals surface area contributed by atoms with Crippen LogP contribution in [0.4, 0.5) is 0 Å². The molecule has 0 aromatic carbocycles. The highest BCUT2D eigenvalue weighted by molar-refractivity contribution is 5.20. The average Bonchev–Trinajstić information content (AvgIpc) is 2.33. The molecule has 0 aliphatic rings. The molecule has 0 saturated heterocycles. The first-order chi connectivity index (χ1) is 5.65. The van der Waals surface area contributed by atoms with Crippen molar-refractivity contribution in [2.75, 3.05) is 6.61 Å². The van der Waals surface area contributed by atoms with Crippen LogP contribution >= 0.6 is 0 Å². The molecular formula is C9H15NO2. The minimum atomic E-state index is -0.178. The molecule has 0 aliphatic heterocycles. The molecule has 1 aromatic heterocycles. The summed E-state index contributed by atoms with van der Waals surface area (Å²) in [5, 5.41) is 8.65. The summed E-state index contributed by atoms with van der Waals surface area (Å²) in [4.78, 5) is 0. The maximum atomic E-state index is 8.65. The van der Waals surface area contributed by atoms with Gasteiger partial charge in [-0.2, -0.15) is 0 Å². The lowest BCUT2D eigenvalue weighted by atomic mass is 10.1. The standard InChI is InChI=1S/C9H15NO2/c1-6-5-9(12-7(6)2)8(10)3-4-11/h5,8,11H,3-4,10H2,1-2H3. The molecule has 0 spiro atoms. The second-order valence-electron chi connectivity index (χ2n) is 3.01. The Hall–Kier alpha value is -0.800. The van der Waals surface area contributed by atoms with Crippen LogP contribution in [0.15, 0.2) is 10.5 Å². The summed E-state index contributed by atoms with van der Waals surface area (Å²) >= 11 is 0. The summed E-state index contributed by atoms with van der Waals surface area (Å²) in [5.41, 5.74) is 6.84. The van der Waals surface area contributed by atoms with Gasteiger partial charge in [-0.05, 0) is 31.9 Å². The number of aliphatic hydroxyl groups excluding tert-OH is 1. The molecular weight excluding hydrogens is 154 g/mol. The van der Waals surface area contributed by atoms with Gasteiger partial charge in [-0.25, -0.2) is 0 Å². The topological polar surface area (TPSA) is 59.4 Å². The van der Waals surface area contributed by atoms with Crippen molar-refractivity contribution in [3.05, 3.63) is 23.2 Å². The monoisotopic (exact) mass is 169 g/mol. The van der Waals surface area contributed by atoms with Gasteiger partial charge in [0.15, 0.2) is 0 Å². The first kappa shape index (κ1) is 9.29. The van der Waals surface area contributed by atoms with Crippen LogP contribution in [0.2, 0.25) is 0 Å². The van der Waals surface area contributed by atoms with E-state index in [2.05, 4.69) is 0 Å². The third kappa shape index (κ3) is 1.87. The lowest BCUT2D eigenvalue weighted by Gasteiger charge is -2.04. The third-order valence-electron chi connectivity index (χ3n) is 1.99. The Morgan fingerprint density at radius 3 is 2.67 bits per heavy atom. The second kappa shape index (κ2) is 3.74. The van der Waals surface area contributed by atoms with E-state index in [0.717, 1.165) is 17.1 Å². The van der Waals surface area contributed by atoms with E-state index in [4.69, 9.17) is 15.3 Å². The largest absolute Gasteiger partial charge is 0.464 e. The summed E-state index contributed by atoms with van der Waals surface area (Å²) in [5.74, 6) is 1.66. The van der Waals surface area contributed by atoms with Crippen molar-refractivity contribution in [3.63, 3.8) is 0 Å². The van der Waals surface area contributed by atoms with E-state index in [0.29, 0.717) is 6.42 Å². The van der Waals surface area contributed by atoms with E-state index in [9.17, 15) is 0 Å². The molecule has 1 aromatic rings. The molecule has 0 fully saturated rings. The molecule has 0 aliphatic carbocycles. The Morgan fingerprint density at radius 2 is 2.25 bits per heavy atom. The molecule has 3 N–H and O–H groups in total. The Balaban J connectivity index is 2.74. The zero-order valence-electron chi connectivity index (χ0n) is 7.50. The van der Waals surface area contributed by atoms with Gasteiger partial charge in [0, 0.05) is 6.61 Å². The van der Waals surface area contributed by atoms with E-state index < -0.39 is 0 Å². The predicted octanol–water partition coefficient (Wildman–Crippen LogP) is 1.28. The van der Waals surface area contributed by atoms with Crippen LogP contribution < -0.4 is 5.73 Å². The minimum absolute atomic E-state index is 0.0972. The molecule has 68 valence electrons. The first-order valence-corrected chi connectivity index (χ1v) is 4.08. The first-order valence-electron chi connectivity index (χ1n) is 4.08. The van der Waals surface area contributed by atoms with Gasteiger partial charge in [0.2, 0.25) is 0 Å². The van der Waals surface area contributed by atoms with Gasteiger partial charge in [0.25, 0.3) is 0 Å². The van der Waals surface area contributed by atoms with Crippen LogP contribution in [0, 0.1) is 13.8 Å². The highest BCUT2D eigenvalue weighted by Gasteiger charge is 2.10. The minimum Gasteiger partial charge on any atom is -0.464 e. The zero-order valence-corrected chi connectivity index (χ0v) is 7.50. The molecule has 0 amide bonds. The van der Waals surface area contributed by atoms with Crippen molar-refractivity contribution >= 4 is 0 Å². The number of hydrogen-bond acceptors (Lipinski definition) is 3. The van der Waals surface area contributed by atoms with Crippen LogP contribution in [0.5, 0.6) is 0 Å². The van der Waals surface area contributed by atoms with Crippen molar-refractivity contribution < 1.29 is 9.52 Å². The van der Waals surface area contributed by atoms with Crippen LogP contribution in [0.25, 0.3) is 0 Å². The van der Waals surface area contributed by atoms with Crippen LogP contribution in [-0.4, -0.2) is 11.7 Å². The summed E-state index contributed by atoms with van der Waals surface area (Å²) < 4.78 is 5.39. The van der Waals surface area contributed by atoms with Gasteiger partial charge in [-0.3, -0.25) is 0 Å². The highest BCUT2D eigenvalue weighted by Crippen LogP contribution is 2.20. The Bertz CT molecular complexity index is 236. The molecule has 1 atom stereocenters. The van der Waals surface area contributed by atoms with Gasteiger partial charge in [-0.1, -0.05) is 0 Å². The quantitative estimate of drug-likeness (QED) is 0.716. The molecule has 0 bridgehead atoms. The molecule has 3 nitrogen and oxygen atoms in total. The molecule has 0 saturated carbocycles. The van der Waals surface area contributed by atoms with E-state index in [-0.39, 0.29) is 12.6 Å². The van der Waals surface area contributed by atoms with Gasteiger partial charge >= 0.3 is 0 Å². The van der Waals surface area contributed by atoms with Crippen molar-refractivity contribution in [1.82, 2.24) is 0 Å². The van der Waals surface area contributed by atoms with Gasteiger partial charge in [0.05, 0.1) is 6.04 Å². The highest BCUT2D eigenvalue weighted by atomic mass is 16.3. The molecule has 1 heterocycles. The Labute approximate surface area is 72.2 Å². The van der Waals surface area contributed by atoms with Crippen molar-refractivity contribution in [2.45, 2.75) is 26.3 Å². The number of hydrogen-bond donors (Lipinski definition) is 2. The van der Waals surface area contributed by atoms with E-state index in [1.54, 1.807) is 0 Å². The fraction of sp³-hybridized carbons (Fsp3) is 0.556. The van der Waals surface area contributed by atoms with Crippen LogP contribution in [-0.2, 0) is 0 Å². The Morgan fingerprint density at radius 1 is 1.58 bits per heavy atom. The summed E-state index contributed by atoms with van der Waals surface area (Å²) in [6, 6.07) is 1.75. The lowest BCUT2D eigenvalue weighted by Crippen LogP contribution is -2.10. The predicted molar refractivity (Wildman–Crippen MR) is 46.8 cm³/mol. The van der Waals surface area contributed by atoms with E-state index in [1.165, 1.54) is 0 Å². The number of aliphatic hydroxyl groups is 1.